The van der Waals surface area contributed by atoms with Crippen LogP contribution in [0.15, 0.2) is 72.8 Å². The Morgan fingerprint density at radius 2 is 1.76 bits per heavy atom. The predicted octanol–water partition coefficient (Wildman–Crippen LogP) is 3.08. The van der Waals surface area contributed by atoms with Crippen LogP contribution in [0.4, 0.5) is 5.69 Å². The Hall–Kier alpha value is -2.98. The van der Waals surface area contributed by atoms with Gasteiger partial charge in [0.15, 0.2) is 11.4 Å². The van der Waals surface area contributed by atoms with Crippen LogP contribution < -0.4 is 4.90 Å². The van der Waals surface area contributed by atoms with Crippen LogP contribution >= 0.6 is 0 Å². The zero-order valence-corrected chi connectivity index (χ0v) is 13.9. The summed E-state index contributed by atoms with van der Waals surface area (Å²) in [4.78, 5) is 26.0. The molecule has 0 aromatic heterocycles. The summed E-state index contributed by atoms with van der Waals surface area (Å²) in [6.45, 7) is 0. The van der Waals surface area contributed by atoms with Gasteiger partial charge in [-0.15, -0.1) is 0 Å². The molecule has 4 nitrogen and oxygen atoms in total. The number of para-hydroxylation sites is 1. The monoisotopic (exact) mass is 333 g/mol. The van der Waals surface area contributed by atoms with Crippen LogP contribution in [0.5, 0.6) is 0 Å². The fourth-order valence-electron chi connectivity index (χ4n) is 2.99. The van der Waals surface area contributed by atoms with Crippen molar-refractivity contribution < 1.29 is 14.7 Å². The summed E-state index contributed by atoms with van der Waals surface area (Å²) >= 11 is 0. The number of nitrogens with zero attached hydrogens (tertiary/aromatic N) is 1. The second-order valence-electron chi connectivity index (χ2n) is 6.01. The molecule has 2 aromatic rings. The Labute approximate surface area is 146 Å². The number of carbonyl (C=O) groups excluding carboxylic acids is 2. The highest BCUT2D eigenvalue weighted by Crippen LogP contribution is 2.41. The molecule has 0 saturated carbocycles. The van der Waals surface area contributed by atoms with E-state index in [4.69, 9.17) is 0 Å². The molecule has 1 amide bonds. The first-order chi connectivity index (χ1) is 12.0. The highest BCUT2D eigenvalue weighted by molar-refractivity contribution is 6.09. The van der Waals surface area contributed by atoms with Gasteiger partial charge in [-0.25, -0.2) is 0 Å². The molecule has 3 rings (SSSR count). The first-order valence-corrected chi connectivity index (χ1v) is 8.05. The van der Waals surface area contributed by atoms with E-state index in [2.05, 4.69) is 0 Å². The van der Waals surface area contributed by atoms with Gasteiger partial charge >= 0.3 is 0 Å². The Morgan fingerprint density at radius 3 is 2.52 bits per heavy atom. The molecule has 1 atom stereocenters. The molecule has 0 bridgehead atoms. The van der Waals surface area contributed by atoms with Gasteiger partial charge in [-0.1, -0.05) is 66.8 Å². The molecule has 126 valence electrons. The van der Waals surface area contributed by atoms with E-state index in [0.717, 1.165) is 5.56 Å². The number of allylic oxidation sites excluding steroid dienone is 3. The molecule has 2 aromatic carbocycles. The van der Waals surface area contributed by atoms with E-state index in [9.17, 15) is 14.7 Å². The van der Waals surface area contributed by atoms with Crippen molar-refractivity contribution in [2.45, 2.75) is 12.0 Å². The van der Waals surface area contributed by atoms with Crippen molar-refractivity contribution in [2.24, 2.45) is 0 Å². The third-order valence-corrected chi connectivity index (χ3v) is 4.28. The average Bonchev–Trinajstić information content (AvgIpc) is 2.82. The van der Waals surface area contributed by atoms with E-state index in [1.807, 2.05) is 36.4 Å². The summed E-state index contributed by atoms with van der Waals surface area (Å²) in [5.74, 6) is -0.783. The first kappa shape index (κ1) is 16.9. The van der Waals surface area contributed by atoms with E-state index in [1.165, 1.54) is 11.0 Å². The van der Waals surface area contributed by atoms with Crippen molar-refractivity contribution in [3.63, 3.8) is 0 Å². The summed E-state index contributed by atoms with van der Waals surface area (Å²) < 4.78 is 0. The molecule has 1 heterocycles. The smallest absolute Gasteiger partial charge is 0.263 e. The topological polar surface area (TPSA) is 57.6 Å². The average molecular weight is 333 g/mol. The van der Waals surface area contributed by atoms with Crippen molar-refractivity contribution in [3.8, 4) is 0 Å². The Bertz CT molecular complexity index is 854. The van der Waals surface area contributed by atoms with Crippen LogP contribution in [0.3, 0.4) is 0 Å². The second-order valence-corrected chi connectivity index (χ2v) is 6.01. The molecule has 1 N–H and O–H groups in total. The molecular weight excluding hydrogens is 314 g/mol. The fourth-order valence-corrected chi connectivity index (χ4v) is 2.99. The number of likely N-dealkylation sites (N-methyl/N-ethyl adjacent to an activating group) is 1. The largest absolute Gasteiger partial charge is 0.375 e. The highest BCUT2D eigenvalue weighted by Gasteiger charge is 2.49. The number of benzene rings is 2. The number of anilines is 1. The molecule has 0 fully saturated rings. The number of amides is 1. The minimum absolute atomic E-state index is 0.275. The lowest BCUT2D eigenvalue weighted by atomic mass is 9.90. The maximum absolute atomic E-state index is 12.4. The van der Waals surface area contributed by atoms with E-state index in [1.54, 1.807) is 43.5 Å². The van der Waals surface area contributed by atoms with Gasteiger partial charge in [0.25, 0.3) is 5.91 Å². The zero-order chi connectivity index (χ0) is 17.9. The molecule has 25 heavy (non-hydrogen) atoms. The minimum Gasteiger partial charge on any atom is -0.375 e. The molecule has 1 aliphatic rings. The van der Waals surface area contributed by atoms with Crippen molar-refractivity contribution in [1.82, 2.24) is 0 Å². The highest BCUT2D eigenvalue weighted by atomic mass is 16.3. The lowest BCUT2D eigenvalue weighted by Gasteiger charge is -2.20. The van der Waals surface area contributed by atoms with E-state index < -0.39 is 11.5 Å². The van der Waals surface area contributed by atoms with Gasteiger partial charge in [0, 0.05) is 12.6 Å². The Balaban J connectivity index is 1.71. The molecule has 1 aliphatic heterocycles. The Kier molecular flexibility index (Phi) is 4.63. The third kappa shape index (κ3) is 3.30. The van der Waals surface area contributed by atoms with Crippen LogP contribution in [-0.4, -0.2) is 23.8 Å². The summed E-state index contributed by atoms with van der Waals surface area (Å²) in [7, 11) is 1.60. The summed E-state index contributed by atoms with van der Waals surface area (Å²) in [6, 6.07) is 16.7. The van der Waals surface area contributed by atoms with Gasteiger partial charge < -0.3 is 10.0 Å². The van der Waals surface area contributed by atoms with E-state index in [-0.39, 0.29) is 12.2 Å². The molecule has 0 spiro atoms. The maximum Gasteiger partial charge on any atom is 0.263 e. The summed E-state index contributed by atoms with van der Waals surface area (Å²) in [5, 5.41) is 10.8. The quantitative estimate of drug-likeness (QED) is 0.676. The standard InChI is InChI=1S/C21H19NO3/c1-22-19-14-8-7-13-18(19)21(25,20(22)24)15-17(23)12-6-5-11-16-9-3-2-4-10-16/h2-14,25H,15H2,1H3/b11-5+,12-6+/t21-/m1/s1. The van der Waals surface area contributed by atoms with Gasteiger partial charge in [0.2, 0.25) is 0 Å². The van der Waals surface area contributed by atoms with Crippen LogP contribution in [0.25, 0.3) is 6.08 Å². The van der Waals surface area contributed by atoms with E-state index >= 15 is 0 Å². The van der Waals surface area contributed by atoms with Gasteiger partial charge in [0.1, 0.15) is 0 Å². The SMILES string of the molecule is CN1C(=O)[C@@](O)(CC(=O)/C=C/C=C/c2ccccc2)c2ccccc21. The van der Waals surface area contributed by atoms with Gasteiger partial charge in [-0.2, -0.15) is 0 Å². The van der Waals surface area contributed by atoms with Crippen LogP contribution in [-0.2, 0) is 15.2 Å². The van der Waals surface area contributed by atoms with Crippen LogP contribution in [0.2, 0.25) is 0 Å². The van der Waals surface area contributed by atoms with Crippen molar-refractivity contribution in [2.75, 3.05) is 11.9 Å². The number of rotatable bonds is 5. The minimum atomic E-state index is -1.80. The van der Waals surface area contributed by atoms with Gasteiger partial charge in [0.05, 0.1) is 12.1 Å². The lowest BCUT2D eigenvalue weighted by molar-refractivity contribution is -0.140. The number of fused-ring (bicyclic) bond motifs is 1. The maximum atomic E-state index is 12.4. The van der Waals surface area contributed by atoms with Crippen molar-refractivity contribution in [1.29, 1.82) is 0 Å². The van der Waals surface area contributed by atoms with Crippen molar-refractivity contribution in [3.05, 3.63) is 84.0 Å². The summed E-state index contributed by atoms with van der Waals surface area (Å²) in [5.41, 5.74) is 0.343. The number of hydrogen-bond donors (Lipinski definition) is 1. The normalized spacial score (nSPS) is 19.8. The fraction of sp³-hybridized carbons (Fsp3) is 0.143. The van der Waals surface area contributed by atoms with Crippen LogP contribution in [0.1, 0.15) is 17.5 Å². The predicted molar refractivity (Wildman–Crippen MR) is 98.0 cm³/mol. The number of ketones is 1. The summed E-state index contributed by atoms with van der Waals surface area (Å²) in [6.07, 6.45) is 6.36. The van der Waals surface area contributed by atoms with Crippen LogP contribution in [0, 0.1) is 0 Å². The number of hydrogen-bond acceptors (Lipinski definition) is 3. The number of carbonyl (C=O) groups is 2. The van der Waals surface area contributed by atoms with E-state index in [0.29, 0.717) is 11.3 Å². The third-order valence-electron chi connectivity index (χ3n) is 4.28. The first-order valence-electron chi connectivity index (χ1n) is 8.05. The zero-order valence-electron chi connectivity index (χ0n) is 13.9. The molecule has 0 unspecified atom stereocenters. The molecule has 4 heteroatoms. The second kappa shape index (κ2) is 6.87. The van der Waals surface area contributed by atoms with Crippen molar-refractivity contribution >= 4 is 23.5 Å². The Morgan fingerprint density at radius 1 is 1.08 bits per heavy atom. The van der Waals surface area contributed by atoms with Gasteiger partial charge in [-0.3, -0.25) is 9.59 Å². The van der Waals surface area contributed by atoms with Gasteiger partial charge in [-0.05, 0) is 17.7 Å². The molecule has 0 radical (unpaired) electrons. The molecular formula is C21H19NO3. The molecule has 0 aliphatic carbocycles. The lowest BCUT2D eigenvalue weighted by Crippen LogP contribution is -2.40. The molecule has 0 saturated heterocycles. The number of aliphatic hydroxyl groups is 1.